The molecule has 17 heavy (non-hydrogen) atoms. The Morgan fingerprint density at radius 3 is 2.41 bits per heavy atom. The fraction of sp³-hybridized carbons (Fsp3) is 0.333. The minimum atomic E-state index is -0.536. The number of nitrogens with one attached hydrogen (secondary N) is 2. The number of carbonyl (C=O) groups excluding carboxylic acids is 2. The Morgan fingerprint density at radius 1 is 1.29 bits per heavy atom. The Hall–Kier alpha value is -1.36. The van der Waals surface area contributed by atoms with E-state index in [0.29, 0.717) is 12.1 Å². The molecule has 4 nitrogen and oxygen atoms in total. The van der Waals surface area contributed by atoms with Crippen LogP contribution in [0.4, 0.5) is 0 Å². The average molecular weight is 299 g/mol. The van der Waals surface area contributed by atoms with Crippen LogP contribution in [0.5, 0.6) is 0 Å². The molecule has 1 aromatic rings. The van der Waals surface area contributed by atoms with E-state index in [9.17, 15) is 9.59 Å². The summed E-state index contributed by atoms with van der Waals surface area (Å²) >= 11 is 3.29. The van der Waals surface area contributed by atoms with Gasteiger partial charge in [0.2, 0.25) is 5.91 Å². The molecule has 1 rings (SSSR count). The predicted molar refractivity (Wildman–Crippen MR) is 69.8 cm³/mol. The van der Waals surface area contributed by atoms with Crippen molar-refractivity contribution in [2.24, 2.45) is 0 Å². The van der Waals surface area contributed by atoms with Crippen molar-refractivity contribution >= 4 is 27.7 Å². The Morgan fingerprint density at radius 2 is 1.88 bits per heavy atom. The summed E-state index contributed by atoms with van der Waals surface area (Å²) in [5.74, 6) is -0.436. The third-order valence-electron chi connectivity index (χ3n) is 2.20. The van der Waals surface area contributed by atoms with Crippen molar-refractivity contribution in [2.75, 3.05) is 6.54 Å². The highest BCUT2D eigenvalue weighted by molar-refractivity contribution is 9.10. The van der Waals surface area contributed by atoms with E-state index in [1.165, 1.54) is 0 Å². The fourth-order valence-corrected chi connectivity index (χ4v) is 1.54. The molecule has 0 spiro atoms. The molecule has 0 radical (unpaired) electrons. The lowest BCUT2D eigenvalue weighted by Crippen LogP contribution is -2.44. The van der Waals surface area contributed by atoms with Gasteiger partial charge >= 0.3 is 0 Å². The molecule has 0 aliphatic carbocycles. The second kappa shape index (κ2) is 6.39. The summed E-state index contributed by atoms with van der Waals surface area (Å²) in [6.45, 7) is 4.04. The number of halogens is 1. The van der Waals surface area contributed by atoms with Gasteiger partial charge in [0.25, 0.3) is 5.91 Å². The van der Waals surface area contributed by atoms with E-state index in [0.717, 1.165) is 4.47 Å². The van der Waals surface area contributed by atoms with E-state index in [1.807, 2.05) is 6.92 Å². The van der Waals surface area contributed by atoms with Crippen LogP contribution < -0.4 is 10.6 Å². The van der Waals surface area contributed by atoms with Crippen LogP contribution in [0.15, 0.2) is 28.7 Å². The van der Waals surface area contributed by atoms with Gasteiger partial charge in [0, 0.05) is 16.6 Å². The van der Waals surface area contributed by atoms with Crippen molar-refractivity contribution in [1.82, 2.24) is 10.6 Å². The summed E-state index contributed by atoms with van der Waals surface area (Å²) in [7, 11) is 0. The SMILES string of the molecule is CCNC(=O)[C@H](C)NC(=O)c1ccc(Br)cc1. The first-order valence-corrected chi connectivity index (χ1v) is 6.18. The Kier molecular flexibility index (Phi) is 5.15. The van der Waals surface area contributed by atoms with Crippen molar-refractivity contribution in [3.05, 3.63) is 34.3 Å². The lowest BCUT2D eigenvalue weighted by atomic mass is 10.2. The highest BCUT2D eigenvalue weighted by atomic mass is 79.9. The van der Waals surface area contributed by atoms with Gasteiger partial charge in [0.1, 0.15) is 6.04 Å². The lowest BCUT2D eigenvalue weighted by Gasteiger charge is -2.13. The second-order valence-electron chi connectivity index (χ2n) is 3.60. The number of hydrogen-bond donors (Lipinski definition) is 2. The van der Waals surface area contributed by atoms with Crippen LogP contribution >= 0.6 is 15.9 Å². The van der Waals surface area contributed by atoms with Gasteiger partial charge in [-0.25, -0.2) is 0 Å². The van der Waals surface area contributed by atoms with E-state index >= 15 is 0 Å². The maximum atomic E-state index is 11.8. The third-order valence-corrected chi connectivity index (χ3v) is 2.73. The molecule has 0 bridgehead atoms. The zero-order valence-corrected chi connectivity index (χ0v) is 11.4. The molecule has 2 amide bonds. The van der Waals surface area contributed by atoms with Crippen LogP contribution in [0.3, 0.4) is 0 Å². The number of carbonyl (C=O) groups is 2. The molecule has 92 valence electrons. The molecule has 1 atom stereocenters. The Labute approximate surface area is 109 Å². The van der Waals surface area contributed by atoms with Gasteiger partial charge < -0.3 is 10.6 Å². The highest BCUT2D eigenvalue weighted by Gasteiger charge is 2.15. The van der Waals surface area contributed by atoms with Crippen molar-refractivity contribution in [3.63, 3.8) is 0 Å². The summed E-state index contributed by atoms with van der Waals surface area (Å²) < 4.78 is 0.908. The largest absolute Gasteiger partial charge is 0.355 e. The molecule has 0 heterocycles. The van der Waals surface area contributed by atoms with Crippen molar-refractivity contribution < 1.29 is 9.59 Å². The number of benzene rings is 1. The van der Waals surface area contributed by atoms with Gasteiger partial charge in [-0.05, 0) is 38.1 Å². The number of hydrogen-bond acceptors (Lipinski definition) is 2. The number of likely N-dealkylation sites (N-methyl/N-ethyl adjacent to an activating group) is 1. The van der Waals surface area contributed by atoms with Gasteiger partial charge in [-0.2, -0.15) is 0 Å². The van der Waals surface area contributed by atoms with E-state index in [-0.39, 0.29) is 11.8 Å². The molecule has 5 heteroatoms. The molecule has 0 fully saturated rings. The van der Waals surface area contributed by atoms with E-state index in [2.05, 4.69) is 26.6 Å². The number of rotatable bonds is 4. The van der Waals surface area contributed by atoms with E-state index < -0.39 is 6.04 Å². The monoisotopic (exact) mass is 298 g/mol. The van der Waals surface area contributed by atoms with Gasteiger partial charge in [-0.15, -0.1) is 0 Å². The molecule has 1 aromatic carbocycles. The Balaban J connectivity index is 2.60. The smallest absolute Gasteiger partial charge is 0.251 e. The molecule has 0 aliphatic heterocycles. The van der Waals surface area contributed by atoms with Crippen LogP contribution in [0.2, 0.25) is 0 Å². The van der Waals surface area contributed by atoms with Crippen LogP contribution in [0.25, 0.3) is 0 Å². The summed E-state index contributed by atoms with van der Waals surface area (Å²) in [5, 5.41) is 5.28. The molecule has 2 N–H and O–H groups in total. The quantitative estimate of drug-likeness (QED) is 0.889. The van der Waals surface area contributed by atoms with Crippen LogP contribution in [-0.4, -0.2) is 24.4 Å². The summed E-state index contributed by atoms with van der Waals surface area (Å²) in [6, 6.07) is 6.43. The van der Waals surface area contributed by atoms with Gasteiger partial charge in [-0.1, -0.05) is 15.9 Å². The first kappa shape index (κ1) is 13.7. The molecule has 0 saturated heterocycles. The average Bonchev–Trinajstić information content (AvgIpc) is 2.30. The molecule has 0 aliphatic rings. The first-order valence-electron chi connectivity index (χ1n) is 5.38. The molecule has 0 aromatic heterocycles. The zero-order valence-electron chi connectivity index (χ0n) is 9.79. The zero-order chi connectivity index (χ0) is 12.8. The third kappa shape index (κ3) is 4.19. The van der Waals surface area contributed by atoms with E-state index in [4.69, 9.17) is 0 Å². The molecule has 0 saturated carbocycles. The van der Waals surface area contributed by atoms with Crippen LogP contribution in [-0.2, 0) is 4.79 Å². The maximum absolute atomic E-state index is 11.8. The summed E-state index contributed by atoms with van der Waals surface area (Å²) in [6.07, 6.45) is 0. The standard InChI is InChI=1S/C12H15BrN2O2/c1-3-14-11(16)8(2)15-12(17)9-4-6-10(13)7-5-9/h4-8H,3H2,1-2H3,(H,14,16)(H,15,17)/t8-/m0/s1. The topological polar surface area (TPSA) is 58.2 Å². The predicted octanol–water partition coefficient (Wildman–Crippen LogP) is 1.70. The Bertz CT molecular complexity index is 403. The van der Waals surface area contributed by atoms with Gasteiger partial charge in [-0.3, -0.25) is 9.59 Å². The summed E-state index contributed by atoms with van der Waals surface area (Å²) in [5.41, 5.74) is 0.532. The normalized spacial score (nSPS) is 11.7. The van der Waals surface area contributed by atoms with Crippen molar-refractivity contribution in [3.8, 4) is 0 Å². The van der Waals surface area contributed by atoms with Crippen molar-refractivity contribution in [1.29, 1.82) is 0 Å². The lowest BCUT2D eigenvalue weighted by molar-refractivity contribution is -0.122. The van der Waals surface area contributed by atoms with Gasteiger partial charge in [0.15, 0.2) is 0 Å². The van der Waals surface area contributed by atoms with Crippen LogP contribution in [0, 0.1) is 0 Å². The summed E-state index contributed by atoms with van der Waals surface area (Å²) in [4.78, 5) is 23.2. The van der Waals surface area contributed by atoms with Gasteiger partial charge in [0.05, 0.1) is 0 Å². The van der Waals surface area contributed by atoms with E-state index in [1.54, 1.807) is 31.2 Å². The van der Waals surface area contributed by atoms with Crippen LogP contribution in [0.1, 0.15) is 24.2 Å². The molecular weight excluding hydrogens is 284 g/mol. The number of amides is 2. The fourth-order valence-electron chi connectivity index (χ4n) is 1.27. The first-order chi connectivity index (χ1) is 8.04. The second-order valence-corrected chi connectivity index (χ2v) is 4.51. The molecular formula is C12H15BrN2O2. The molecule has 0 unspecified atom stereocenters. The maximum Gasteiger partial charge on any atom is 0.251 e. The highest BCUT2D eigenvalue weighted by Crippen LogP contribution is 2.10. The minimum Gasteiger partial charge on any atom is -0.355 e. The minimum absolute atomic E-state index is 0.182. The van der Waals surface area contributed by atoms with Crippen molar-refractivity contribution in [2.45, 2.75) is 19.9 Å².